The highest BCUT2D eigenvalue weighted by Crippen LogP contribution is 2.40. The smallest absolute Gasteiger partial charge is 0.219 e. The number of nitrogen functional groups attached to an aromatic ring is 1. The number of aromatic nitrogens is 4. The van der Waals surface area contributed by atoms with Crippen LogP contribution in [0, 0.1) is 0 Å². The predicted octanol–water partition coefficient (Wildman–Crippen LogP) is 7.18. The highest BCUT2D eigenvalue weighted by molar-refractivity contribution is 6.35. The molecule has 1 aliphatic rings. The topological polar surface area (TPSA) is 78.8 Å². The first kappa shape index (κ1) is 20.9. The average molecular weight is 470 g/mol. The molecule has 2 aromatic carbocycles. The summed E-state index contributed by atoms with van der Waals surface area (Å²) in [5.41, 5.74) is 9.90. The number of nitrogens with two attached hydrogens (primary N) is 1. The summed E-state index contributed by atoms with van der Waals surface area (Å²) in [7, 11) is 0. The SMILES string of the molecule is Nc1ncnc2c1c(-c1cc(Cl)c3ccc(Oc4ccccc4)nc3c1)cn2C1CCCCC1. The van der Waals surface area contributed by atoms with Crippen molar-refractivity contribution in [2.24, 2.45) is 0 Å². The lowest BCUT2D eigenvalue weighted by molar-refractivity contribution is 0.360. The Morgan fingerprint density at radius 1 is 0.971 bits per heavy atom. The first-order chi connectivity index (χ1) is 16.7. The molecule has 0 spiro atoms. The number of nitrogens with zero attached hydrogens (tertiary/aromatic N) is 4. The number of hydrogen-bond acceptors (Lipinski definition) is 5. The Morgan fingerprint density at radius 3 is 2.62 bits per heavy atom. The molecule has 6 nitrogen and oxygen atoms in total. The zero-order valence-corrected chi connectivity index (χ0v) is 19.4. The summed E-state index contributed by atoms with van der Waals surface area (Å²) in [4.78, 5) is 13.6. The van der Waals surface area contributed by atoms with E-state index in [2.05, 4.69) is 20.7 Å². The molecule has 1 fully saturated rings. The molecule has 0 saturated heterocycles. The van der Waals surface area contributed by atoms with Crippen molar-refractivity contribution in [2.75, 3.05) is 5.73 Å². The first-order valence-electron chi connectivity index (χ1n) is 11.6. The Balaban J connectivity index is 1.48. The summed E-state index contributed by atoms with van der Waals surface area (Å²) in [5.74, 6) is 1.72. The lowest BCUT2D eigenvalue weighted by Crippen LogP contribution is -2.12. The van der Waals surface area contributed by atoms with Crippen LogP contribution in [0.25, 0.3) is 33.1 Å². The molecule has 170 valence electrons. The van der Waals surface area contributed by atoms with Crippen molar-refractivity contribution in [1.29, 1.82) is 0 Å². The molecule has 5 aromatic rings. The number of anilines is 1. The van der Waals surface area contributed by atoms with Crippen molar-refractivity contribution >= 4 is 39.4 Å². The van der Waals surface area contributed by atoms with Crippen molar-refractivity contribution in [3.8, 4) is 22.8 Å². The van der Waals surface area contributed by atoms with Crippen LogP contribution in [-0.2, 0) is 0 Å². The van der Waals surface area contributed by atoms with Crippen LogP contribution in [0.4, 0.5) is 5.82 Å². The van der Waals surface area contributed by atoms with E-state index in [1.165, 1.54) is 19.3 Å². The second-order valence-corrected chi connectivity index (χ2v) is 9.20. The molecule has 0 bridgehead atoms. The van der Waals surface area contributed by atoms with Gasteiger partial charge in [0.2, 0.25) is 5.88 Å². The molecular weight excluding hydrogens is 446 g/mol. The van der Waals surface area contributed by atoms with Crippen molar-refractivity contribution < 1.29 is 4.74 Å². The van der Waals surface area contributed by atoms with E-state index >= 15 is 0 Å². The molecule has 0 amide bonds. The molecule has 0 aliphatic heterocycles. The van der Waals surface area contributed by atoms with E-state index in [0.717, 1.165) is 51.7 Å². The highest BCUT2D eigenvalue weighted by Gasteiger charge is 2.22. The van der Waals surface area contributed by atoms with Crippen LogP contribution >= 0.6 is 11.6 Å². The monoisotopic (exact) mass is 469 g/mol. The average Bonchev–Trinajstić information content (AvgIpc) is 3.26. The molecule has 3 heterocycles. The molecule has 0 radical (unpaired) electrons. The summed E-state index contributed by atoms with van der Waals surface area (Å²) in [6, 6.07) is 17.8. The standard InChI is InChI=1S/C27H24ClN5O/c28-22-13-17(14-23-20(22)11-12-24(32-23)34-19-9-5-2-6-10-19)21-15-33(18-7-3-1-4-8-18)27-25(21)26(29)30-16-31-27/h2,5-6,9-16,18H,1,3-4,7-8H2,(H2,29,30,31). The van der Waals surface area contributed by atoms with E-state index in [0.29, 0.717) is 22.8 Å². The summed E-state index contributed by atoms with van der Waals surface area (Å²) in [5, 5.41) is 2.35. The van der Waals surface area contributed by atoms with Crippen LogP contribution in [-0.4, -0.2) is 19.5 Å². The normalized spacial score (nSPS) is 14.6. The molecule has 6 rings (SSSR count). The maximum Gasteiger partial charge on any atom is 0.219 e. The molecule has 0 atom stereocenters. The zero-order chi connectivity index (χ0) is 23.1. The fourth-order valence-electron chi connectivity index (χ4n) is 4.96. The highest BCUT2D eigenvalue weighted by atomic mass is 35.5. The Morgan fingerprint density at radius 2 is 1.79 bits per heavy atom. The number of pyridine rings is 1. The summed E-state index contributed by atoms with van der Waals surface area (Å²) in [6.07, 6.45) is 9.75. The van der Waals surface area contributed by atoms with Gasteiger partial charge in [0, 0.05) is 29.3 Å². The Hall–Kier alpha value is -3.64. The molecule has 1 saturated carbocycles. The third-order valence-corrected chi connectivity index (χ3v) is 6.93. The minimum atomic E-state index is 0.416. The fraction of sp³-hybridized carbons (Fsp3) is 0.222. The van der Waals surface area contributed by atoms with Crippen molar-refractivity contribution in [3.63, 3.8) is 0 Å². The molecule has 2 N–H and O–H groups in total. The number of benzene rings is 2. The van der Waals surface area contributed by atoms with E-state index in [1.54, 1.807) is 6.33 Å². The minimum Gasteiger partial charge on any atom is -0.439 e. The van der Waals surface area contributed by atoms with Crippen LogP contribution in [0.3, 0.4) is 0 Å². The van der Waals surface area contributed by atoms with Gasteiger partial charge in [0.1, 0.15) is 23.5 Å². The molecule has 34 heavy (non-hydrogen) atoms. The van der Waals surface area contributed by atoms with Crippen molar-refractivity contribution in [1.82, 2.24) is 19.5 Å². The van der Waals surface area contributed by atoms with E-state index in [1.807, 2.05) is 54.6 Å². The largest absolute Gasteiger partial charge is 0.439 e. The molecule has 3 aromatic heterocycles. The fourth-order valence-corrected chi connectivity index (χ4v) is 5.24. The molecular formula is C27H24ClN5O. The first-order valence-corrected chi connectivity index (χ1v) is 12.0. The number of halogens is 1. The van der Waals surface area contributed by atoms with Gasteiger partial charge < -0.3 is 15.0 Å². The quantitative estimate of drug-likeness (QED) is 0.301. The summed E-state index contributed by atoms with van der Waals surface area (Å²) in [6.45, 7) is 0. The van der Waals surface area contributed by atoms with Crippen molar-refractivity contribution in [2.45, 2.75) is 38.1 Å². The summed E-state index contributed by atoms with van der Waals surface area (Å²) >= 11 is 6.72. The van der Waals surface area contributed by atoms with Gasteiger partial charge in [0.05, 0.1) is 15.9 Å². The van der Waals surface area contributed by atoms with Gasteiger partial charge in [-0.3, -0.25) is 0 Å². The van der Waals surface area contributed by atoms with E-state index in [9.17, 15) is 0 Å². The number of para-hydroxylation sites is 1. The summed E-state index contributed by atoms with van der Waals surface area (Å²) < 4.78 is 8.23. The second kappa shape index (κ2) is 8.61. The van der Waals surface area contributed by atoms with Gasteiger partial charge in [-0.25, -0.2) is 15.0 Å². The van der Waals surface area contributed by atoms with Gasteiger partial charge >= 0.3 is 0 Å². The number of fused-ring (bicyclic) bond motifs is 2. The molecule has 1 aliphatic carbocycles. The second-order valence-electron chi connectivity index (χ2n) is 8.79. The predicted molar refractivity (Wildman–Crippen MR) is 136 cm³/mol. The Bertz CT molecular complexity index is 1490. The van der Waals surface area contributed by atoms with Gasteiger partial charge in [0.15, 0.2) is 0 Å². The van der Waals surface area contributed by atoms with Gasteiger partial charge in [-0.2, -0.15) is 0 Å². The van der Waals surface area contributed by atoms with Crippen molar-refractivity contribution in [3.05, 3.63) is 72.1 Å². The van der Waals surface area contributed by atoms with Gasteiger partial charge in [-0.05, 0) is 48.7 Å². The molecule has 0 unspecified atom stereocenters. The molecule has 7 heteroatoms. The number of hydrogen-bond donors (Lipinski definition) is 1. The van der Waals surface area contributed by atoms with E-state index < -0.39 is 0 Å². The van der Waals surface area contributed by atoms with Crippen LogP contribution in [0.1, 0.15) is 38.1 Å². The van der Waals surface area contributed by atoms with Gasteiger partial charge in [0.25, 0.3) is 0 Å². The van der Waals surface area contributed by atoms with Gasteiger partial charge in [-0.15, -0.1) is 0 Å². The number of rotatable bonds is 4. The van der Waals surface area contributed by atoms with Crippen LogP contribution in [0.5, 0.6) is 11.6 Å². The van der Waals surface area contributed by atoms with Crippen LogP contribution in [0.15, 0.2) is 67.1 Å². The van der Waals surface area contributed by atoms with E-state index in [-0.39, 0.29) is 0 Å². The Labute approximate surface area is 202 Å². The third kappa shape index (κ3) is 3.74. The van der Waals surface area contributed by atoms with Crippen LogP contribution in [0.2, 0.25) is 5.02 Å². The van der Waals surface area contributed by atoms with Crippen LogP contribution < -0.4 is 10.5 Å². The third-order valence-electron chi connectivity index (χ3n) is 6.61. The zero-order valence-electron chi connectivity index (χ0n) is 18.6. The minimum absolute atomic E-state index is 0.416. The Kier molecular flexibility index (Phi) is 5.30. The lowest BCUT2D eigenvalue weighted by Gasteiger charge is -2.23. The lowest BCUT2D eigenvalue weighted by atomic mass is 9.95. The maximum absolute atomic E-state index is 6.72. The van der Waals surface area contributed by atoms with Gasteiger partial charge in [-0.1, -0.05) is 49.1 Å². The maximum atomic E-state index is 6.72. The number of ether oxygens (including phenoxy) is 1. The van der Waals surface area contributed by atoms with E-state index in [4.69, 9.17) is 27.1 Å².